The Bertz CT molecular complexity index is 366. The van der Waals surface area contributed by atoms with E-state index in [1.807, 2.05) is 44.1 Å². The van der Waals surface area contributed by atoms with E-state index in [1.54, 1.807) is 6.07 Å². The molecule has 88 valence electrons. The van der Waals surface area contributed by atoms with E-state index in [-0.39, 0.29) is 12.2 Å². The smallest absolute Gasteiger partial charge is 0.340 e. The number of rotatable bonds is 4. The molecule has 4 heteroatoms. The fourth-order valence-electron chi connectivity index (χ4n) is 1.16. The number of ether oxygens (including phenoxy) is 1. The van der Waals surface area contributed by atoms with E-state index >= 15 is 0 Å². The van der Waals surface area contributed by atoms with Crippen molar-refractivity contribution in [2.45, 2.75) is 18.5 Å². The molecule has 0 aliphatic carbocycles. The van der Waals surface area contributed by atoms with E-state index < -0.39 is 0 Å². The fraction of sp³-hybridized carbons (Fsp3) is 0.417. The zero-order valence-electron chi connectivity index (χ0n) is 9.74. The minimum atomic E-state index is -0.281. The third kappa shape index (κ3) is 3.32. The second-order valence-electron chi connectivity index (χ2n) is 3.76. The summed E-state index contributed by atoms with van der Waals surface area (Å²) in [6.45, 7) is 1.84. The van der Waals surface area contributed by atoms with Crippen LogP contribution in [0.5, 0.6) is 0 Å². The lowest BCUT2D eigenvalue weighted by Crippen LogP contribution is -2.30. The summed E-state index contributed by atoms with van der Waals surface area (Å²) >= 11 is 3.35. The molecule has 0 saturated heterocycles. The Morgan fingerprint density at radius 2 is 2.06 bits per heavy atom. The van der Waals surface area contributed by atoms with E-state index in [4.69, 9.17) is 4.74 Å². The first kappa shape index (κ1) is 13.2. The first-order valence-corrected chi connectivity index (χ1v) is 6.19. The van der Waals surface area contributed by atoms with E-state index in [1.165, 1.54) is 0 Å². The van der Waals surface area contributed by atoms with Gasteiger partial charge in [-0.1, -0.05) is 34.1 Å². The molecular weight excluding hydrogens is 270 g/mol. The van der Waals surface area contributed by atoms with Crippen LogP contribution >= 0.6 is 15.9 Å². The molecule has 3 nitrogen and oxygen atoms in total. The highest BCUT2D eigenvalue weighted by atomic mass is 79.9. The van der Waals surface area contributed by atoms with Gasteiger partial charge in [0.2, 0.25) is 0 Å². The highest BCUT2D eigenvalue weighted by molar-refractivity contribution is 9.08. The Balaban J connectivity index is 2.80. The molecule has 0 amide bonds. The van der Waals surface area contributed by atoms with Crippen LogP contribution in [0, 0.1) is 0 Å². The maximum atomic E-state index is 11.9. The van der Waals surface area contributed by atoms with Crippen LogP contribution in [0.4, 0.5) is 0 Å². The van der Waals surface area contributed by atoms with Crippen molar-refractivity contribution in [3.05, 3.63) is 35.4 Å². The van der Waals surface area contributed by atoms with Crippen molar-refractivity contribution in [1.82, 2.24) is 4.90 Å². The molecule has 1 aromatic rings. The van der Waals surface area contributed by atoms with Crippen LogP contribution in [0.2, 0.25) is 0 Å². The molecular formula is C12H16BrNO2. The monoisotopic (exact) mass is 285 g/mol. The first-order chi connectivity index (χ1) is 7.56. The number of halogens is 1. The minimum absolute atomic E-state index is 0.226. The van der Waals surface area contributed by atoms with Crippen LogP contribution < -0.4 is 0 Å². The maximum Gasteiger partial charge on any atom is 0.340 e. The molecule has 0 saturated carbocycles. The zero-order chi connectivity index (χ0) is 12.1. The lowest BCUT2D eigenvalue weighted by Gasteiger charge is -2.20. The third-order valence-corrected chi connectivity index (χ3v) is 2.99. The highest BCUT2D eigenvalue weighted by Gasteiger charge is 2.15. The van der Waals surface area contributed by atoms with Gasteiger partial charge in [0.25, 0.3) is 0 Å². The van der Waals surface area contributed by atoms with Gasteiger partial charge in [-0.05, 0) is 32.6 Å². The Morgan fingerprint density at radius 3 is 2.62 bits per heavy atom. The predicted octanol–water partition coefficient (Wildman–Crippen LogP) is 2.65. The first-order valence-electron chi connectivity index (χ1n) is 5.07. The van der Waals surface area contributed by atoms with Crippen LogP contribution in [0.3, 0.4) is 0 Å². The predicted molar refractivity (Wildman–Crippen MR) is 67.6 cm³/mol. The molecule has 16 heavy (non-hydrogen) atoms. The molecule has 0 radical (unpaired) electrons. The van der Waals surface area contributed by atoms with Gasteiger partial charge >= 0.3 is 5.97 Å². The summed E-state index contributed by atoms with van der Waals surface area (Å²) in [5, 5.41) is 0.647. The number of nitrogens with zero attached hydrogens (tertiary/aromatic N) is 1. The number of alkyl halides is 1. The molecule has 0 N–H and O–H groups in total. The zero-order valence-corrected chi connectivity index (χ0v) is 11.3. The van der Waals surface area contributed by atoms with Crippen molar-refractivity contribution in [1.29, 1.82) is 0 Å². The number of esters is 1. The lowest BCUT2D eigenvalue weighted by atomic mass is 10.1. The molecule has 0 bridgehead atoms. The van der Waals surface area contributed by atoms with Crippen molar-refractivity contribution in [3.8, 4) is 0 Å². The van der Waals surface area contributed by atoms with Gasteiger partial charge in [-0.3, -0.25) is 4.90 Å². The molecule has 1 unspecified atom stereocenters. The molecule has 1 rings (SSSR count). The Morgan fingerprint density at radius 1 is 1.44 bits per heavy atom. The van der Waals surface area contributed by atoms with Crippen LogP contribution in [0.15, 0.2) is 24.3 Å². The van der Waals surface area contributed by atoms with Gasteiger partial charge in [-0.15, -0.1) is 0 Å². The van der Waals surface area contributed by atoms with Crippen molar-refractivity contribution >= 4 is 21.9 Å². The van der Waals surface area contributed by atoms with Gasteiger partial charge in [0.15, 0.2) is 6.23 Å². The normalized spacial score (nSPS) is 12.6. The van der Waals surface area contributed by atoms with Crippen LogP contribution in [0.25, 0.3) is 0 Å². The largest absolute Gasteiger partial charge is 0.443 e. The van der Waals surface area contributed by atoms with Gasteiger partial charge in [-0.2, -0.15) is 0 Å². The Kier molecular flexibility index (Phi) is 4.96. The van der Waals surface area contributed by atoms with E-state index in [0.717, 1.165) is 5.56 Å². The Hall–Kier alpha value is -0.870. The molecule has 0 fully saturated rings. The quantitative estimate of drug-likeness (QED) is 0.484. The van der Waals surface area contributed by atoms with Gasteiger partial charge in [0.1, 0.15) is 0 Å². The van der Waals surface area contributed by atoms with Gasteiger partial charge in [0.05, 0.1) is 5.56 Å². The second-order valence-corrected chi connectivity index (χ2v) is 4.32. The molecule has 1 aromatic carbocycles. The van der Waals surface area contributed by atoms with Gasteiger partial charge < -0.3 is 4.74 Å². The van der Waals surface area contributed by atoms with Crippen molar-refractivity contribution < 1.29 is 9.53 Å². The molecule has 0 aromatic heterocycles. The minimum Gasteiger partial charge on any atom is -0.443 e. The number of carbonyl (C=O) groups excluding carboxylic acids is 1. The summed E-state index contributed by atoms with van der Waals surface area (Å²) in [5.41, 5.74) is 1.56. The van der Waals surface area contributed by atoms with Crippen molar-refractivity contribution in [3.63, 3.8) is 0 Å². The number of hydrogen-bond donors (Lipinski definition) is 0. The molecule has 1 atom stereocenters. The molecule has 0 aliphatic rings. The summed E-state index contributed by atoms with van der Waals surface area (Å²) in [6.07, 6.45) is -0.226. The van der Waals surface area contributed by atoms with Crippen LogP contribution in [0.1, 0.15) is 22.8 Å². The van der Waals surface area contributed by atoms with Crippen molar-refractivity contribution in [2.75, 3.05) is 14.1 Å². The topological polar surface area (TPSA) is 29.5 Å². The Labute approximate surface area is 105 Å². The van der Waals surface area contributed by atoms with E-state index in [2.05, 4.69) is 15.9 Å². The molecule has 0 spiro atoms. The molecule has 0 aliphatic heterocycles. The second kappa shape index (κ2) is 6.01. The van der Waals surface area contributed by atoms with Gasteiger partial charge in [-0.25, -0.2) is 4.79 Å². The van der Waals surface area contributed by atoms with Crippen LogP contribution in [-0.2, 0) is 10.1 Å². The summed E-state index contributed by atoms with van der Waals surface area (Å²) < 4.78 is 5.31. The van der Waals surface area contributed by atoms with E-state index in [9.17, 15) is 4.79 Å². The summed E-state index contributed by atoms with van der Waals surface area (Å²) in [6, 6.07) is 7.43. The van der Waals surface area contributed by atoms with Gasteiger partial charge in [0, 0.05) is 5.33 Å². The highest BCUT2D eigenvalue weighted by Crippen LogP contribution is 2.14. The number of benzene rings is 1. The lowest BCUT2D eigenvalue weighted by molar-refractivity contribution is -0.00554. The third-order valence-electron chi connectivity index (χ3n) is 2.39. The SMILES string of the molecule is CC(OC(=O)c1ccccc1CBr)N(C)C. The summed E-state index contributed by atoms with van der Waals surface area (Å²) in [4.78, 5) is 13.7. The van der Waals surface area contributed by atoms with Crippen LogP contribution in [-0.4, -0.2) is 31.2 Å². The number of carbonyl (C=O) groups is 1. The summed E-state index contributed by atoms with van der Waals surface area (Å²) in [5.74, 6) is -0.281. The van der Waals surface area contributed by atoms with Crippen molar-refractivity contribution in [2.24, 2.45) is 0 Å². The maximum absolute atomic E-state index is 11.9. The fourth-order valence-corrected chi connectivity index (χ4v) is 1.65. The number of hydrogen-bond acceptors (Lipinski definition) is 3. The average molecular weight is 286 g/mol. The average Bonchev–Trinajstić information content (AvgIpc) is 2.28. The van der Waals surface area contributed by atoms with E-state index in [0.29, 0.717) is 10.9 Å². The molecule has 0 heterocycles. The standard InChI is InChI=1S/C12H16BrNO2/c1-9(14(2)3)16-12(15)11-7-5-4-6-10(11)8-13/h4-7,9H,8H2,1-3H3. The summed E-state index contributed by atoms with van der Waals surface area (Å²) in [7, 11) is 3.74.